The highest BCUT2D eigenvalue weighted by Crippen LogP contribution is 2.24. The maximum absolute atomic E-state index is 12.0. The van der Waals surface area contributed by atoms with Crippen LogP contribution in [0.15, 0.2) is 85.5 Å². The van der Waals surface area contributed by atoms with Gasteiger partial charge in [0, 0.05) is 0 Å². The molecule has 3 aromatic carbocycles. The Hall–Kier alpha value is -3.33. The molecule has 1 unspecified atom stereocenters. The molecule has 0 N–H and O–H groups in total. The Morgan fingerprint density at radius 1 is 0.833 bits per heavy atom. The summed E-state index contributed by atoms with van der Waals surface area (Å²) in [5, 5.41) is 0. The summed E-state index contributed by atoms with van der Waals surface area (Å²) in [6.45, 7) is 8.20. The van der Waals surface area contributed by atoms with Gasteiger partial charge in [-0.25, -0.2) is 4.79 Å². The molecule has 3 nitrogen and oxygen atoms in total. The van der Waals surface area contributed by atoms with Crippen molar-refractivity contribution in [3.05, 3.63) is 96.6 Å². The normalized spacial score (nSPS) is 11.5. The minimum Gasteiger partial charge on any atom is -0.395 e. The molecule has 154 valence electrons. The van der Waals surface area contributed by atoms with Gasteiger partial charge in [0.2, 0.25) is 0 Å². The maximum Gasteiger partial charge on any atom is 0.519 e. The molecule has 0 spiro atoms. The largest absolute Gasteiger partial charge is 0.519 e. The van der Waals surface area contributed by atoms with E-state index in [0.717, 1.165) is 29.5 Å². The molecule has 3 aromatic rings. The Kier molecular flexibility index (Phi) is 7.45. The summed E-state index contributed by atoms with van der Waals surface area (Å²) in [4.78, 5) is 12.0. The molecule has 0 amide bonds. The van der Waals surface area contributed by atoms with Crippen molar-refractivity contribution in [3.8, 4) is 22.6 Å². The average molecular weight is 401 g/mol. The predicted molar refractivity (Wildman–Crippen MR) is 122 cm³/mol. The van der Waals surface area contributed by atoms with Crippen molar-refractivity contribution in [2.24, 2.45) is 5.92 Å². The van der Waals surface area contributed by atoms with Crippen LogP contribution in [-0.2, 0) is 12.8 Å². The number of rotatable bonds is 8. The molecule has 0 radical (unpaired) electrons. The molecule has 0 aliphatic rings. The van der Waals surface area contributed by atoms with Crippen LogP contribution in [0.4, 0.5) is 4.79 Å². The zero-order valence-electron chi connectivity index (χ0n) is 17.6. The van der Waals surface area contributed by atoms with E-state index >= 15 is 0 Å². The summed E-state index contributed by atoms with van der Waals surface area (Å²) in [5.41, 5.74) is 4.67. The molecule has 0 fully saturated rings. The Balaban J connectivity index is 1.57. The van der Waals surface area contributed by atoms with Gasteiger partial charge in [-0.3, -0.25) is 0 Å². The van der Waals surface area contributed by atoms with E-state index in [9.17, 15) is 4.79 Å². The number of carbonyl (C=O) groups is 1. The third kappa shape index (κ3) is 6.08. The lowest BCUT2D eigenvalue weighted by Gasteiger charge is -2.10. The summed E-state index contributed by atoms with van der Waals surface area (Å²) in [6.07, 6.45) is 4.13. The Labute approximate surface area is 179 Å². The van der Waals surface area contributed by atoms with Gasteiger partial charge in [-0.15, -0.1) is 6.58 Å². The second-order valence-corrected chi connectivity index (χ2v) is 7.53. The van der Waals surface area contributed by atoms with Crippen LogP contribution in [0.5, 0.6) is 11.5 Å². The number of hydrogen-bond donors (Lipinski definition) is 0. The first kappa shape index (κ1) is 21.4. The molecule has 1 atom stereocenters. The van der Waals surface area contributed by atoms with E-state index in [-0.39, 0.29) is 0 Å². The van der Waals surface area contributed by atoms with Crippen LogP contribution in [0.25, 0.3) is 11.1 Å². The van der Waals surface area contributed by atoms with E-state index in [4.69, 9.17) is 9.47 Å². The summed E-state index contributed by atoms with van der Waals surface area (Å²) in [5.74, 6) is 1.58. The molecule has 0 aliphatic carbocycles. The molecular formula is C27H28O3. The minimum atomic E-state index is -0.756. The maximum atomic E-state index is 12.0. The first-order valence-electron chi connectivity index (χ1n) is 10.4. The average Bonchev–Trinajstić information content (AvgIpc) is 2.76. The van der Waals surface area contributed by atoms with E-state index in [0.29, 0.717) is 17.4 Å². The van der Waals surface area contributed by atoms with Crippen molar-refractivity contribution in [1.82, 2.24) is 0 Å². The lowest BCUT2D eigenvalue weighted by Crippen LogP contribution is -2.13. The lowest BCUT2D eigenvalue weighted by atomic mass is 9.97. The smallest absolute Gasteiger partial charge is 0.395 e. The van der Waals surface area contributed by atoms with Gasteiger partial charge in [0.1, 0.15) is 11.5 Å². The SMILES string of the molecule is C=CCc1ccc(OC(=O)Oc2ccc(-c3ccc(CC(C)CC)cc3)cc2)cc1. The number of ether oxygens (including phenoxy) is 2. The van der Waals surface area contributed by atoms with Crippen molar-refractivity contribution < 1.29 is 14.3 Å². The molecule has 0 bridgehead atoms. The van der Waals surface area contributed by atoms with Gasteiger partial charge in [0.15, 0.2) is 0 Å². The molecule has 0 saturated heterocycles. The fourth-order valence-corrected chi connectivity index (χ4v) is 3.17. The third-order valence-corrected chi connectivity index (χ3v) is 5.13. The molecule has 3 heteroatoms. The van der Waals surface area contributed by atoms with Crippen molar-refractivity contribution in [1.29, 1.82) is 0 Å². The number of hydrogen-bond acceptors (Lipinski definition) is 3. The minimum absolute atomic E-state index is 0.445. The highest BCUT2D eigenvalue weighted by molar-refractivity contribution is 5.69. The first-order chi connectivity index (χ1) is 14.6. The molecule has 0 heterocycles. The zero-order valence-corrected chi connectivity index (χ0v) is 17.6. The van der Waals surface area contributed by atoms with Gasteiger partial charge in [0.05, 0.1) is 0 Å². The zero-order chi connectivity index (χ0) is 21.3. The van der Waals surface area contributed by atoms with Crippen LogP contribution in [0, 0.1) is 5.92 Å². The van der Waals surface area contributed by atoms with Crippen molar-refractivity contribution in [2.45, 2.75) is 33.1 Å². The third-order valence-electron chi connectivity index (χ3n) is 5.13. The monoisotopic (exact) mass is 400 g/mol. The Bertz CT molecular complexity index is 954. The van der Waals surface area contributed by atoms with E-state index in [2.05, 4.69) is 44.7 Å². The van der Waals surface area contributed by atoms with Crippen LogP contribution in [-0.4, -0.2) is 6.16 Å². The molecule has 30 heavy (non-hydrogen) atoms. The number of benzene rings is 3. The fraction of sp³-hybridized carbons (Fsp3) is 0.222. The number of allylic oxidation sites excluding steroid dienone is 1. The molecule has 0 aliphatic heterocycles. The van der Waals surface area contributed by atoms with Crippen molar-refractivity contribution in [3.63, 3.8) is 0 Å². The molecular weight excluding hydrogens is 372 g/mol. The second kappa shape index (κ2) is 10.4. The highest BCUT2D eigenvalue weighted by Gasteiger charge is 2.09. The van der Waals surface area contributed by atoms with E-state index in [1.54, 1.807) is 24.3 Å². The van der Waals surface area contributed by atoms with Gasteiger partial charge in [-0.2, -0.15) is 0 Å². The fourth-order valence-electron chi connectivity index (χ4n) is 3.17. The van der Waals surface area contributed by atoms with Crippen molar-refractivity contribution >= 4 is 6.16 Å². The molecule has 0 aromatic heterocycles. The highest BCUT2D eigenvalue weighted by atomic mass is 16.7. The van der Waals surface area contributed by atoms with Crippen LogP contribution < -0.4 is 9.47 Å². The van der Waals surface area contributed by atoms with Crippen LogP contribution in [0.2, 0.25) is 0 Å². The Morgan fingerprint density at radius 3 is 1.80 bits per heavy atom. The van der Waals surface area contributed by atoms with Gasteiger partial charge < -0.3 is 9.47 Å². The van der Waals surface area contributed by atoms with Crippen LogP contribution >= 0.6 is 0 Å². The Morgan fingerprint density at radius 2 is 1.30 bits per heavy atom. The van der Waals surface area contributed by atoms with Gasteiger partial charge in [0.25, 0.3) is 0 Å². The predicted octanol–water partition coefficient (Wildman–Crippen LogP) is 7.25. The number of carbonyl (C=O) groups excluding carboxylic acids is 1. The van der Waals surface area contributed by atoms with Gasteiger partial charge >= 0.3 is 6.16 Å². The first-order valence-corrected chi connectivity index (χ1v) is 10.4. The van der Waals surface area contributed by atoms with Crippen LogP contribution in [0.1, 0.15) is 31.4 Å². The standard InChI is InChI=1S/C27H28O3/c1-4-6-21-9-15-25(16-10-21)29-27(28)30-26-17-13-24(14-18-26)23-11-7-22(8-12-23)19-20(3)5-2/h4,7-18,20H,1,5-6,19H2,2-3H3. The summed E-state index contributed by atoms with van der Waals surface area (Å²) < 4.78 is 10.5. The topological polar surface area (TPSA) is 35.5 Å². The van der Waals surface area contributed by atoms with E-state index in [1.807, 2.05) is 30.3 Å². The van der Waals surface area contributed by atoms with E-state index < -0.39 is 6.16 Å². The molecule has 3 rings (SSSR count). The van der Waals surface area contributed by atoms with Crippen molar-refractivity contribution in [2.75, 3.05) is 0 Å². The van der Waals surface area contributed by atoms with Crippen LogP contribution in [0.3, 0.4) is 0 Å². The second-order valence-electron chi connectivity index (χ2n) is 7.53. The van der Waals surface area contributed by atoms with E-state index in [1.165, 1.54) is 12.0 Å². The summed E-state index contributed by atoms with van der Waals surface area (Å²) in [6, 6.07) is 23.4. The van der Waals surface area contributed by atoms with Gasteiger partial charge in [-0.05, 0) is 65.3 Å². The van der Waals surface area contributed by atoms with Gasteiger partial charge in [-0.1, -0.05) is 74.9 Å². The molecule has 0 saturated carbocycles. The lowest BCUT2D eigenvalue weighted by molar-refractivity contribution is 0.152. The summed E-state index contributed by atoms with van der Waals surface area (Å²) in [7, 11) is 0. The quantitative estimate of drug-likeness (QED) is 0.227. The summed E-state index contributed by atoms with van der Waals surface area (Å²) >= 11 is 0.